The van der Waals surface area contributed by atoms with E-state index in [1.807, 2.05) is 36.4 Å². The molecule has 31 heavy (non-hydrogen) atoms. The first-order chi connectivity index (χ1) is 15.0. The predicted molar refractivity (Wildman–Crippen MR) is 112 cm³/mol. The van der Waals surface area contributed by atoms with Gasteiger partial charge in [0.15, 0.2) is 6.61 Å². The minimum absolute atomic E-state index is 0.00790. The number of hydrogen-bond acceptors (Lipinski definition) is 6. The molecule has 0 radical (unpaired) electrons. The summed E-state index contributed by atoms with van der Waals surface area (Å²) < 4.78 is 12.5. The molecule has 4 rings (SSSR count). The van der Waals surface area contributed by atoms with Crippen molar-refractivity contribution in [2.24, 2.45) is 0 Å². The highest BCUT2D eigenvalue weighted by Crippen LogP contribution is 2.27. The van der Waals surface area contributed by atoms with Crippen molar-refractivity contribution in [2.75, 3.05) is 11.9 Å². The highest BCUT2D eigenvalue weighted by Gasteiger charge is 2.19. The lowest BCUT2D eigenvalue weighted by atomic mass is 10.0. The van der Waals surface area contributed by atoms with E-state index >= 15 is 0 Å². The fourth-order valence-electron chi connectivity index (χ4n) is 3.42. The Balaban J connectivity index is 1.41. The third kappa shape index (κ3) is 4.41. The zero-order valence-corrected chi connectivity index (χ0v) is 16.9. The molecule has 3 aromatic rings. The van der Waals surface area contributed by atoms with Crippen LogP contribution < -0.4 is 10.1 Å². The number of fused-ring (bicyclic) bond motifs is 1. The van der Waals surface area contributed by atoms with Crippen molar-refractivity contribution in [3.63, 3.8) is 0 Å². The number of nitrogens with one attached hydrogen (secondary N) is 1. The highest BCUT2D eigenvalue weighted by atomic mass is 16.6. The van der Waals surface area contributed by atoms with Crippen LogP contribution in [-0.2, 0) is 27.4 Å². The van der Waals surface area contributed by atoms with Gasteiger partial charge in [-0.3, -0.25) is 4.79 Å². The summed E-state index contributed by atoms with van der Waals surface area (Å²) in [5.74, 6) is -0.0467. The molecule has 0 aliphatic carbocycles. The lowest BCUT2D eigenvalue weighted by Crippen LogP contribution is -2.19. The Morgan fingerprint density at radius 3 is 2.81 bits per heavy atom. The number of benzene rings is 2. The summed E-state index contributed by atoms with van der Waals surface area (Å²) >= 11 is 0. The monoisotopic (exact) mass is 416 g/mol. The third-order valence-corrected chi connectivity index (χ3v) is 4.97. The number of hydrogen-bond donors (Lipinski definition) is 1. The molecular formula is C23H20N4O4. The molecule has 0 spiro atoms. The van der Waals surface area contributed by atoms with Crippen molar-refractivity contribution in [3.8, 4) is 17.5 Å². The van der Waals surface area contributed by atoms with Crippen LogP contribution in [0, 0.1) is 18.3 Å². The first-order valence-corrected chi connectivity index (χ1v) is 9.80. The summed E-state index contributed by atoms with van der Waals surface area (Å²) in [6.07, 6.45) is 1.05. The van der Waals surface area contributed by atoms with Gasteiger partial charge < -0.3 is 14.8 Å². The molecule has 0 saturated carbocycles. The molecular weight excluding hydrogens is 396 g/mol. The molecule has 1 aliphatic heterocycles. The number of nitrogens with zero attached hydrogens (tertiary/aromatic N) is 3. The number of nitriles is 1. The van der Waals surface area contributed by atoms with Crippen LogP contribution in [0.3, 0.4) is 0 Å². The van der Waals surface area contributed by atoms with Crippen molar-refractivity contribution in [1.82, 2.24) is 9.78 Å². The van der Waals surface area contributed by atoms with Crippen LogP contribution in [0.4, 0.5) is 5.69 Å². The molecule has 156 valence electrons. The molecule has 1 aliphatic rings. The van der Waals surface area contributed by atoms with E-state index in [1.165, 1.54) is 0 Å². The van der Waals surface area contributed by atoms with Crippen molar-refractivity contribution in [3.05, 3.63) is 71.0 Å². The molecule has 1 N–H and O–H groups in total. The van der Waals surface area contributed by atoms with Crippen molar-refractivity contribution >= 4 is 17.6 Å². The van der Waals surface area contributed by atoms with Gasteiger partial charge in [0.05, 0.1) is 17.1 Å². The molecule has 8 nitrogen and oxygen atoms in total. The van der Waals surface area contributed by atoms with Crippen LogP contribution in [0.5, 0.6) is 5.75 Å². The van der Waals surface area contributed by atoms with E-state index in [0.717, 1.165) is 16.9 Å². The number of ether oxygens (including phenoxy) is 2. The third-order valence-electron chi connectivity index (χ3n) is 4.97. The number of carbonyl (C=O) groups is 2. The molecule has 2 heterocycles. The summed E-state index contributed by atoms with van der Waals surface area (Å²) in [6, 6.07) is 16.7. The number of para-hydroxylation sites is 1. The summed E-state index contributed by atoms with van der Waals surface area (Å²) in [4.78, 5) is 23.7. The van der Waals surface area contributed by atoms with Gasteiger partial charge in [-0.1, -0.05) is 18.2 Å². The Hall–Kier alpha value is -4.12. The minimum Gasteiger partial charge on any atom is -0.482 e. The highest BCUT2D eigenvalue weighted by molar-refractivity contribution is 5.94. The van der Waals surface area contributed by atoms with Crippen LogP contribution in [0.2, 0.25) is 0 Å². The molecule has 1 amide bonds. The maximum absolute atomic E-state index is 12.3. The maximum atomic E-state index is 12.3. The van der Waals surface area contributed by atoms with Gasteiger partial charge in [-0.05, 0) is 49.2 Å². The second-order valence-electron chi connectivity index (χ2n) is 7.08. The number of amides is 1. The van der Waals surface area contributed by atoms with Gasteiger partial charge in [-0.15, -0.1) is 0 Å². The molecule has 0 fully saturated rings. The minimum atomic E-state index is -0.562. The van der Waals surface area contributed by atoms with E-state index in [2.05, 4.69) is 16.5 Å². The number of anilines is 1. The van der Waals surface area contributed by atoms with Gasteiger partial charge >= 0.3 is 5.97 Å². The topological polar surface area (TPSA) is 106 Å². The van der Waals surface area contributed by atoms with Crippen molar-refractivity contribution < 1.29 is 19.1 Å². The number of carbonyl (C=O) groups excluding carboxylic acids is 2. The van der Waals surface area contributed by atoms with Crippen LogP contribution in [0.1, 0.15) is 28.9 Å². The number of aryl methyl sites for hydroxylation is 2. The van der Waals surface area contributed by atoms with E-state index in [4.69, 9.17) is 9.47 Å². The first-order valence-electron chi connectivity index (χ1n) is 9.80. The summed E-state index contributed by atoms with van der Waals surface area (Å²) in [7, 11) is 0. The van der Waals surface area contributed by atoms with Crippen LogP contribution in [0.25, 0.3) is 5.69 Å². The zero-order valence-electron chi connectivity index (χ0n) is 16.9. The zero-order chi connectivity index (χ0) is 21.8. The Labute approximate surface area is 179 Å². The Morgan fingerprint density at radius 1 is 1.23 bits per heavy atom. The average Bonchev–Trinajstić information content (AvgIpc) is 3.11. The second kappa shape index (κ2) is 8.71. The molecule has 0 atom stereocenters. The van der Waals surface area contributed by atoms with E-state index in [0.29, 0.717) is 35.5 Å². The molecule has 0 unspecified atom stereocenters. The maximum Gasteiger partial charge on any atom is 0.344 e. The van der Waals surface area contributed by atoms with Gasteiger partial charge in [0, 0.05) is 12.1 Å². The summed E-state index contributed by atoms with van der Waals surface area (Å²) in [6.45, 7) is 1.37. The molecule has 1 aromatic heterocycles. The Kier molecular flexibility index (Phi) is 5.67. The normalized spacial score (nSPS) is 12.5. The number of aromatic nitrogens is 2. The number of rotatable bonds is 6. The molecule has 0 saturated heterocycles. The number of esters is 1. The lowest BCUT2D eigenvalue weighted by Gasteiger charge is -2.17. The lowest BCUT2D eigenvalue weighted by molar-refractivity contribution is -0.147. The quantitative estimate of drug-likeness (QED) is 0.619. The summed E-state index contributed by atoms with van der Waals surface area (Å²) in [5.41, 5.74) is 3.95. The van der Waals surface area contributed by atoms with E-state index in [-0.39, 0.29) is 19.1 Å². The van der Waals surface area contributed by atoms with Gasteiger partial charge in [-0.25, -0.2) is 9.48 Å². The molecule has 2 aromatic carbocycles. The van der Waals surface area contributed by atoms with Crippen LogP contribution in [-0.4, -0.2) is 28.3 Å². The van der Waals surface area contributed by atoms with Crippen LogP contribution >= 0.6 is 0 Å². The van der Waals surface area contributed by atoms with E-state index < -0.39 is 5.97 Å². The van der Waals surface area contributed by atoms with Gasteiger partial charge in [0.25, 0.3) is 0 Å². The van der Waals surface area contributed by atoms with E-state index in [1.54, 1.807) is 23.7 Å². The smallest absolute Gasteiger partial charge is 0.344 e. The SMILES string of the molecule is Cc1nn(-c2ccccc2)c(COC(=O)COc2ccc3c(c2)CCC(=O)N3)c1C#N. The predicted octanol–water partition coefficient (Wildman–Crippen LogP) is 3.06. The average molecular weight is 416 g/mol. The fourth-order valence-corrected chi connectivity index (χ4v) is 3.42. The molecule has 8 heteroatoms. The first kappa shape index (κ1) is 20.2. The Bertz CT molecular complexity index is 1180. The second-order valence-corrected chi connectivity index (χ2v) is 7.08. The Morgan fingerprint density at radius 2 is 2.03 bits per heavy atom. The van der Waals surface area contributed by atoms with Crippen molar-refractivity contribution in [1.29, 1.82) is 5.26 Å². The van der Waals surface area contributed by atoms with Gasteiger partial charge in [-0.2, -0.15) is 10.4 Å². The van der Waals surface area contributed by atoms with Gasteiger partial charge in [0.2, 0.25) is 5.91 Å². The van der Waals surface area contributed by atoms with Gasteiger partial charge in [0.1, 0.15) is 24.0 Å². The van der Waals surface area contributed by atoms with E-state index in [9.17, 15) is 14.9 Å². The summed E-state index contributed by atoms with van der Waals surface area (Å²) in [5, 5.41) is 16.7. The van der Waals surface area contributed by atoms with Crippen LogP contribution in [0.15, 0.2) is 48.5 Å². The van der Waals surface area contributed by atoms with Crippen molar-refractivity contribution in [2.45, 2.75) is 26.4 Å². The molecule has 0 bridgehead atoms. The largest absolute Gasteiger partial charge is 0.482 e. The fraction of sp³-hybridized carbons (Fsp3) is 0.217. The standard InChI is InChI=1S/C23H20N4O4/c1-15-19(12-24)21(27(26-15)17-5-3-2-4-6-17)13-31-23(29)14-30-18-8-9-20-16(11-18)7-10-22(28)25-20/h2-6,8-9,11H,7,10,13-14H2,1H3,(H,25,28).